The molecule has 1 amide bonds. The van der Waals surface area contributed by atoms with Gasteiger partial charge in [0, 0.05) is 18.2 Å². The Labute approximate surface area is 155 Å². The van der Waals surface area contributed by atoms with Crippen molar-refractivity contribution in [3.05, 3.63) is 29.8 Å². The molecule has 1 fully saturated rings. The molecule has 1 aliphatic carbocycles. The molecule has 0 spiro atoms. The third-order valence-electron chi connectivity index (χ3n) is 4.35. The largest absolute Gasteiger partial charge is 0.462 e. The second kappa shape index (κ2) is 8.92. The average Bonchev–Trinajstić information content (AvgIpc) is 2.54. The molecule has 6 heteroatoms. The molecule has 0 heterocycles. The highest BCUT2D eigenvalue weighted by atomic mass is 16.6. The summed E-state index contributed by atoms with van der Waals surface area (Å²) in [5.74, 6) is -0.197. The number of benzene rings is 1. The molecule has 0 atom stereocenters. The van der Waals surface area contributed by atoms with Gasteiger partial charge in [0.15, 0.2) is 0 Å². The van der Waals surface area contributed by atoms with Gasteiger partial charge in [-0.15, -0.1) is 0 Å². The fourth-order valence-corrected chi connectivity index (χ4v) is 3.04. The number of rotatable bonds is 5. The molecular formula is C20H30N2O4. The first kappa shape index (κ1) is 20.1. The first-order valence-electron chi connectivity index (χ1n) is 9.25. The van der Waals surface area contributed by atoms with Crippen LogP contribution in [0.5, 0.6) is 0 Å². The summed E-state index contributed by atoms with van der Waals surface area (Å²) < 4.78 is 10.8. The van der Waals surface area contributed by atoms with Crippen LogP contribution in [0.1, 0.15) is 58.4 Å². The van der Waals surface area contributed by atoms with Crippen LogP contribution in [-0.2, 0) is 20.7 Å². The van der Waals surface area contributed by atoms with Crippen molar-refractivity contribution < 1.29 is 19.1 Å². The van der Waals surface area contributed by atoms with E-state index in [0.717, 1.165) is 31.2 Å². The van der Waals surface area contributed by atoms with Crippen molar-refractivity contribution in [1.29, 1.82) is 0 Å². The molecule has 0 aromatic heterocycles. The zero-order chi connectivity index (χ0) is 19.2. The van der Waals surface area contributed by atoms with E-state index in [1.807, 2.05) is 45.0 Å². The van der Waals surface area contributed by atoms with Gasteiger partial charge in [-0.3, -0.25) is 4.79 Å². The predicted octanol–water partition coefficient (Wildman–Crippen LogP) is 3.58. The van der Waals surface area contributed by atoms with Crippen LogP contribution in [0.2, 0.25) is 0 Å². The van der Waals surface area contributed by atoms with Crippen LogP contribution in [0, 0.1) is 0 Å². The molecular weight excluding hydrogens is 332 g/mol. The van der Waals surface area contributed by atoms with Gasteiger partial charge in [-0.05, 0) is 64.5 Å². The van der Waals surface area contributed by atoms with Gasteiger partial charge in [0.05, 0.1) is 0 Å². The summed E-state index contributed by atoms with van der Waals surface area (Å²) in [6.07, 6.45) is 3.50. The van der Waals surface area contributed by atoms with E-state index in [2.05, 4.69) is 5.32 Å². The molecule has 1 saturated carbocycles. The Hall–Kier alpha value is -2.24. The molecule has 0 aliphatic heterocycles. The number of hydrogen-bond acceptors (Lipinski definition) is 5. The van der Waals surface area contributed by atoms with E-state index in [4.69, 9.17) is 15.2 Å². The highest BCUT2D eigenvalue weighted by molar-refractivity contribution is 5.70. The van der Waals surface area contributed by atoms with E-state index in [0.29, 0.717) is 18.5 Å². The predicted molar refractivity (Wildman–Crippen MR) is 101 cm³/mol. The zero-order valence-electron chi connectivity index (χ0n) is 15.9. The minimum Gasteiger partial charge on any atom is -0.462 e. The number of nitrogens with one attached hydrogen (secondary N) is 1. The molecule has 3 N–H and O–H groups in total. The molecule has 2 rings (SSSR count). The van der Waals surface area contributed by atoms with E-state index < -0.39 is 11.7 Å². The van der Waals surface area contributed by atoms with Crippen molar-refractivity contribution in [2.24, 2.45) is 0 Å². The molecule has 1 aromatic rings. The van der Waals surface area contributed by atoms with Crippen molar-refractivity contribution in [2.75, 3.05) is 5.73 Å². The SMILES string of the molecule is CC(C)(C)OC(=O)N[C@H]1CC[C@H](OC(=O)CCc2ccccc2N)CC1. The minimum absolute atomic E-state index is 0.0731. The van der Waals surface area contributed by atoms with Gasteiger partial charge in [0.2, 0.25) is 0 Å². The molecule has 26 heavy (non-hydrogen) atoms. The van der Waals surface area contributed by atoms with Crippen LogP contribution >= 0.6 is 0 Å². The monoisotopic (exact) mass is 362 g/mol. The number of nitrogens with two attached hydrogens (primary N) is 1. The van der Waals surface area contributed by atoms with Gasteiger partial charge < -0.3 is 20.5 Å². The lowest BCUT2D eigenvalue weighted by Crippen LogP contribution is -2.42. The summed E-state index contributed by atoms with van der Waals surface area (Å²) in [6.45, 7) is 5.52. The zero-order valence-corrected chi connectivity index (χ0v) is 15.9. The topological polar surface area (TPSA) is 90.6 Å². The van der Waals surface area contributed by atoms with Gasteiger partial charge in [-0.2, -0.15) is 0 Å². The number of hydrogen-bond donors (Lipinski definition) is 2. The summed E-state index contributed by atoms with van der Waals surface area (Å²) in [6, 6.07) is 7.62. The number of carbonyl (C=O) groups excluding carboxylic acids is 2. The lowest BCUT2D eigenvalue weighted by molar-refractivity contribution is -0.150. The van der Waals surface area contributed by atoms with E-state index in [1.54, 1.807) is 0 Å². The van der Waals surface area contributed by atoms with E-state index in [-0.39, 0.29) is 18.1 Å². The number of anilines is 1. The quantitative estimate of drug-likeness (QED) is 0.617. The highest BCUT2D eigenvalue weighted by Crippen LogP contribution is 2.22. The lowest BCUT2D eigenvalue weighted by Gasteiger charge is -2.29. The van der Waals surface area contributed by atoms with Crippen molar-refractivity contribution in [3.8, 4) is 0 Å². The number of aryl methyl sites for hydroxylation is 1. The summed E-state index contributed by atoms with van der Waals surface area (Å²) in [4.78, 5) is 23.9. The molecule has 6 nitrogen and oxygen atoms in total. The maximum Gasteiger partial charge on any atom is 0.407 e. The third kappa shape index (κ3) is 6.94. The van der Waals surface area contributed by atoms with Crippen molar-refractivity contribution in [3.63, 3.8) is 0 Å². The van der Waals surface area contributed by atoms with Crippen molar-refractivity contribution in [1.82, 2.24) is 5.32 Å². The van der Waals surface area contributed by atoms with Gasteiger partial charge in [-0.1, -0.05) is 18.2 Å². The number of amides is 1. The Balaban J connectivity index is 1.67. The number of esters is 1. The van der Waals surface area contributed by atoms with Crippen LogP contribution in [-0.4, -0.2) is 29.8 Å². The van der Waals surface area contributed by atoms with E-state index >= 15 is 0 Å². The molecule has 144 valence electrons. The lowest BCUT2D eigenvalue weighted by atomic mass is 9.93. The molecule has 1 aliphatic rings. The fraction of sp³-hybridized carbons (Fsp3) is 0.600. The van der Waals surface area contributed by atoms with Crippen LogP contribution in [0.4, 0.5) is 10.5 Å². The van der Waals surface area contributed by atoms with Crippen molar-refractivity contribution in [2.45, 2.75) is 77.0 Å². The fourth-order valence-electron chi connectivity index (χ4n) is 3.04. The molecule has 1 aromatic carbocycles. The van der Waals surface area contributed by atoms with Gasteiger partial charge in [0.25, 0.3) is 0 Å². The summed E-state index contributed by atoms with van der Waals surface area (Å²) in [7, 11) is 0. The Morgan fingerprint density at radius 3 is 2.42 bits per heavy atom. The summed E-state index contributed by atoms with van der Waals surface area (Å²) in [5, 5.41) is 2.89. The number of carbonyl (C=O) groups is 2. The number of para-hydroxylation sites is 1. The van der Waals surface area contributed by atoms with Gasteiger partial charge >= 0.3 is 12.1 Å². The maximum atomic E-state index is 12.1. The third-order valence-corrected chi connectivity index (χ3v) is 4.35. The van der Waals surface area contributed by atoms with E-state index in [9.17, 15) is 9.59 Å². The van der Waals surface area contributed by atoms with Gasteiger partial charge in [0.1, 0.15) is 11.7 Å². The maximum absolute atomic E-state index is 12.1. The number of ether oxygens (including phenoxy) is 2. The Morgan fingerprint density at radius 2 is 1.81 bits per heavy atom. The van der Waals surface area contributed by atoms with Crippen LogP contribution in [0.25, 0.3) is 0 Å². The van der Waals surface area contributed by atoms with Crippen LogP contribution in [0.3, 0.4) is 0 Å². The summed E-state index contributed by atoms with van der Waals surface area (Å²) in [5.41, 5.74) is 7.06. The second-order valence-corrected chi connectivity index (χ2v) is 7.81. The number of alkyl carbamates (subject to hydrolysis) is 1. The smallest absolute Gasteiger partial charge is 0.407 e. The molecule has 0 radical (unpaired) electrons. The van der Waals surface area contributed by atoms with Crippen molar-refractivity contribution >= 4 is 17.7 Å². The summed E-state index contributed by atoms with van der Waals surface area (Å²) >= 11 is 0. The Kier molecular flexibility index (Phi) is 6.89. The van der Waals surface area contributed by atoms with E-state index in [1.165, 1.54) is 0 Å². The molecule has 0 unspecified atom stereocenters. The second-order valence-electron chi connectivity index (χ2n) is 7.81. The van der Waals surface area contributed by atoms with Crippen LogP contribution in [0.15, 0.2) is 24.3 Å². The Bertz CT molecular complexity index is 616. The standard InChI is InChI=1S/C20H30N2O4/c1-20(2,3)26-19(24)22-15-9-11-16(12-10-15)25-18(23)13-8-14-6-4-5-7-17(14)21/h4-7,15-16H,8-13,21H2,1-3H3,(H,22,24)/t15-,16-. The normalized spacial score (nSPS) is 20.3. The minimum atomic E-state index is -0.501. The molecule has 0 saturated heterocycles. The first-order valence-corrected chi connectivity index (χ1v) is 9.25. The number of nitrogen functional groups attached to an aromatic ring is 1. The average molecular weight is 362 g/mol. The molecule has 0 bridgehead atoms. The Morgan fingerprint density at radius 1 is 1.15 bits per heavy atom. The highest BCUT2D eigenvalue weighted by Gasteiger charge is 2.26. The van der Waals surface area contributed by atoms with Gasteiger partial charge in [-0.25, -0.2) is 4.79 Å². The van der Waals surface area contributed by atoms with Crippen LogP contribution < -0.4 is 11.1 Å². The first-order chi connectivity index (χ1) is 12.2.